The minimum atomic E-state index is -0.328. The number of anilines is 1. The largest absolute Gasteiger partial charge is 0.465 e. The molecule has 1 aliphatic heterocycles. The third kappa shape index (κ3) is 4.77. The molecule has 1 aromatic carbocycles. The van der Waals surface area contributed by atoms with Gasteiger partial charge in [0.1, 0.15) is 11.9 Å². The normalized spacial score (nSPS) is 17.3. The first-order valence-corrected chi connectivity index (χ1v) is 8.52. The standard InChI is InChI=1S/C18H25FN2O3/c1-3-16(18(23)24-4-2)21-11-9-13(10-12-21)17(22)20-15-7-5-14(19)6-8-15/h5-8,13,16H,3-4,9-12H2,1-2H3,(H,20,22). The van der Waals surface area contributed by atoms with E-state index in [1.54, 1.807) is 19.1 Å². The van der Waals surface area contributed by atoms with Crippen molar-refractivity contribution >= 4 is 17.6 Å². The molecule has 1 aromatic rings. The number of carbonyl (C=O) groups is 2. The number of benzene rings is 1. The monoisotopic (exact) mass is 336 g/mol. The smallest absolute Gasteiger partial charge is 0.323 e. The molecule has 1 amide bonds. The van der Waals surface area contributed by atoms with Gasteiger partial charge >= 0.3 is 5.97 Å². The number of ether oxygens (including phenoxy) is 1. The van der Waals surface area contributed by atoms with Gasteiger partial charge in [0.05, 0.1) is 6.61 Å². The topological polar surface area (TPSA) is 58.6 Å². The molecule has 0 bridgehead atoms. The quantitative estimate of drug-likeness (QED) is 0.812. The molecule has 24 heavy (non-hydrogen) atoms. The Hall–Kier alpha value is -1.95. The van der Waals surface area contributed by atoms with Crippen molar-refractivity contribution < 1.29 is 18.7 Å². The first kappa shape index (κ1) is 18.4. The van der Waals surface area contributed by atoms with Crippen molar-refractivity contribution in [3.8, 4) is 0 Å². The van der Waals surface area contributed by atoms with Crippen LogP contribution in [-0.2, 0) is 14.3 Å². The Labute approximate surface area is 142 Å². The molecule has 1 unspecified atom stereocenters. The van der Waals surface area contributed by atoms with Gasteiger partial charge in [0.25, 0.3) is 0 Å². The summed E-state index contributed by atoms with van der Waals surface area (Å²) in [5.41, 5.74) is 0.599. The van der Waals surface area contributed by atoms with Crippen molar-refractivity contribution in [2.24, 2.45) is 5.92 Å². The minimum Gasteiger partial charge on any atom is -0.465 e. The van der Waals surface area contributed by atoms with Crippen LogP contribution in [0.4, 0.5) is 10.1 Å². The van der Waals surface area contributed by atoms with Gasteiger partial charge in [0, 0.05) is 11.6 Å². The highest BCUT2D eigenvalue weighted by Crippen LogP contribution is 2.22. The molecule has 1 N–H and O–H groups in total. The van der Waals surface area contributed by atoms with E-state index < -0.39 is 0 Å². The summed E-state index contributed by atoms with van der Waals surface area (Å²) in [5, 5.41) is 2.82. The lowest BCUT2D eigenvalue weighted by Crippen LogP contribution is -2.47. The molecule has 132 valence electrons. The number of amides is 1. The predicted molar refractivity (Wildman–Crippen MR) is 90.0 cm³/mol. The highest BCUT2D eigenvalue weighted by molar-refractivity contribution is 5.92. The van der Waals surface area contributed by atoms with Gasteiger partial charge in [0.2, 0.25) is 5.91 Å². The maximum absolute atomic E-state index is 12.9. The first-order chi connectivity index (χ1) is 11.5. The molecule has 0 radical (unpaired) electrons. The summed E-state index contributed by atoms with van der Waals surface area (Å²) >= 11 is 0. The van der Waals surface area contributed by atoms with Crippen LogP contribution in [0.25, 0.3) is 0 Å². The van der Waals surface area contributed by atoms with Crippen LogP contribution in [0.1, 0.15) is 33.1 Å². The molecule has 2 rings (SSSR count). The number of halogens is 1. The highest BCUT2D eigenvalue weighted by atomic mass is 19.1. The van der Waals surface area contributed by atoms with Crippen LogP contribution in [0.5, 0.6) is 0 Å². The van der Waals surface area contributed by atoms with Crippen molar-refractivity contribution in [3.63, 3.8) is 0 Å². The number of hydrogen-bond acceptors (Lipinski definition) is 4. The van der Waals surface area contributed by atoms with Crippen LogP contribution in [0.15, 0.2) is 24.3 Å². The highest BCUT2D eigenvalue weighted by Gasteiger charge is 2.31. The van der Waals surface area contributed by atoms with E-state index in [1.807, 2.05) is 6.92 Å². The van der Waals surface area contributed by atoms with Crippen LogP contribution in [0, 0.1) is 11.7 Å². The second kappa shape index (κ2) is 8.78. The molecule has 1 aliphatic rings. The summed E-state index contributed by atoms with van der Waals surface area (Å²) in [6.45, 7) is 5.54. The maximum Gasteiger partial charge on any atom is 0.323 e. The Morgan fingerprint density at radius 2 is 1.88 bits per heavy atom. The lowest BCUT2D eigenvalue weighted by atomic mass is 9.94. The van der Waals surface area contributed by atoms with Crippen molar-refractivity contribution in [1.82, 2.24) is 4.90 Å². The Morgan fingerprint density at radius 3 is 2.42 bits per heavy atom. The number of carbonyl (C=O) groups excluding carboxylic acids is 2. The third-order valence-electron chi connectivity index (χ3n) is 4.40. The Morgan fingerprint density at radius 1 is 1.25 bits per heavy atom. The Kier molecular flexibility index (Phi) is 6.73. The fourth-order valence-corrected chi connectivity index (χ4v) is 3.06. The van der Waals surface area contributed by atoms with E-state index >= 15 is 0 Å². The summed E-state index contributed by atoms with van der Waals surface area (Å²) in [4.78, 5) is 26.4. The summed E-state index contributed by atoms with van der Waals surface area (Å²) in [5.74, 6) is -0.656. The molecular formula is C18H25FN2O3. The van der Waals surface area contributed by atoms with Crippen molar-refractivity contribution in [1.29, 1.82) is 0 Å². The number of likely N-dealkylation sites (tertiary alicyclic amines) is 1. The molecule has 0 spiro atoms. The summed E-state index contributed by atoms with van der Waals surface area (Å²) < 4.78 is 18.0. The number of hydrogen-bond donors (Lipinski definition) is 1. The summed E-state index contributed by atoms with van der Waals surface area (Å²) in [7, 11) is 0. The summed E-state index contributed by atoms with van der Waals surface area (Å²) in [6.07, 6.45) is 2.09. The molecule has 1 heterocycles. The number of esters is 1. The van der Waals surface area contributed by atoms with Crippen LogP contribution in [0.3, 0.4) is 0 Å². The number of nitrogens with zero attached hydrogens (tertiary/aromatic N) is 1. The van der Waals surface area contributed by atoms with Gasteiger partial charge < -0.3 is 10.1 Å². The molecular weight excluding hydrogens is 311 g/mol. The zero-order valence-electron chi connectivity index (χ0n) is 14.3. The van der Waals surface area contributed by atoms with Gasteiger partial charge in [-0.3, -0.25) is 14.5 Å². The van der Waals surface area contributed by atoms with Gasteiger partial charge in [-0.25, -0.2) is 4.39 Å². The SMILES string of the molecule is CCOC(=O)C(CC)N1CCC(C(=O)Nc2ccc(F)cc2)CC1. The minimum absolute atomic E-state index is 0.0505. The van der Waals surface area contributed by atoms with Crippen molar-refractivity contribution in [2.75, 3.05) is 25.0 Å². The van der Waals surface area contributed by atoms with E-state index in [4.69, 9.17) is 4.74 Å². The summed E-state index contributed by atoms with van der Waals surface area (Å²) in [6, 6.07) is 5.52. The molecule has 6 heteroatoms. The first-order valence-electron chi connectivity index (χ1n) is 8.52. The molecule has 1 saturated heterocycles. The average molecular weight is 336 g/mol. The zero-order chi connectivity index (χ0) is 17.5. The van der Waals surface area contributed by atoms with E-state index in [-0.39, 0.29) is 29.7 Å². The third-order valence-corrected chi connectivity index (χ3v) is 4.40. The lowest BCUT2D eigenvalue weighted by molar-refractivity contribution is -0.150. The van der Waals surface area contributed by atoms with Crippen molar-refractivity contribution in [2.45, 2.75) is 39.2 Å². The molecule has 1 fully saturated rings. The fraction of sp³-hybridized carbons (Fsp3) is 0.556. The lowest BCUT2D eigenvalue weighted by Gasteiger charge is -2.35. The van der Waals surface area contributed by atoms with E-state index in [0.717, 1.165) is 0 Å². The number of piperidine rings is 1. The predicted octanol–water partition coefficient (Wildman–Crippen LogP) is 2.82. The van der Waals surface area contributed by atoms with Gasteiger partial charge in [-0.05, 0) is 63.5 Å². The van der Waals surface area contributed by atoms with E-state index in [9.17, 15) is 14.0 Å². The van der Waals surface area contributed by atoms with E-state index in [1.165, 1.54) is 12.1 Å². The molecule has 0 aliphatic carbocycles. The molecule has 1 atom stereocenters. The van der Waals surface area contributed by atoms with E-state index in [2.05, 4.69) is 10.2 Å². The Bertz CT molecular complexity index is 554. The van der Waals surface area contributed by atoms with Gasteiger partial charge in [-0.15, -0.1) is 0 Å². The fourth-order valence-electron chi connectivity index (χ4n) is 3.06. The van der Waals surface area contributed by atoms with Gasteiger partial charge in [-0.1, -0.05) is 6.92 Å². The van der Waals surface area contributed by atoms with Crippen LogP contribution in [-0.4, -0.2) is 42.5 Å². The number of rotatable bonds is 6. The second-order valence-electron chi connectivity index (χ2n) is 5.98. The molecule has 0 saturated carbocycles. The Balaban J connectivity index is 1.86. The van der Waals surface area contributed by atoms with Crippen LogP contribution < -0.4 is 5.32 Å². The molecule has 0 aromatic heterocycles. The van der Waals surface area contributed by atoms with Gasteiger partial charge in [-0.2, -0.15) is 0 Å². The number of nitrogens with one attached hydrogen (secondary N) is 1. The van der Waals surface area contributed by atoms with E-state index in [0.29, 0.717) is 44.6 Å². The maximum atomic E-state index is 12.9. The van der Waals surface area contributed by atoms with Crippen molar-refractivity contribution in [3.05, 3.63) is 30.1 Å². The van der Waals surface area contributed by atoms with Crippen LogP contribution >= 0.6 is 0 Å². The average Bonchev–Trinajstić information content (AvgIpc) is 2.58. The van der Waals surface area contributed by atoms with Gasteiger partial charge in [0.15, 0.2) is 0 Å². The molecule has 5 nitrogen and oxygen atoms in total. The van der Waals surface area contributed by atoms with Crippen LogP contribution in [0.2, 0.25) is 0 Å². The second-order valence-corrected chi connectivity index (χ2v) is 5.98. The zero-order valence-corrected chi connectivity index (χ0v) is 14.3.